The predicted octanol–water partition coefficient (Wildman–Crippen LogP) is 4.27. The molecule has 1 saturated carbocycles. The molecule has 0 aromatic heterocycles. The monoisotopic (exact) mass is 340 g/mol. The minimum absolute atomic E-state index is 0.405. The molecule has 136 valence electrons. The lowest BCUT2D eigenvalue weighted by atomic mass is 9.88. The van der Waals surface area contributed by atoms with Crippen molar-refractivity contribution in [3.8, 4) is 0 Å². The number of nitrogens with one attached hydrogen (secondary N) is 1. The number of hydrogen-bond acceptors (Lipinski definition) is 2. The maximum atomic E-state index is 13.3. The minimum Gasteiger partial charge on any atom is -0.335 e. The number of carbonyl (C=O) groups is 1. The van der Waals surface area contributed by atoms with Gasteiger partial charge >= 0.3 is 0 Å². The molecule has 2 bridgehead atoms. The van der Waals surface area contributed by atoms with Crippen molar-refractivity contribution >= 4 is 5.91 Å². The summed E-state index contributed by atoms with van der Waals surface area (Å²) in [5.41, 5.74) is 1.27. The van der Waals surface area contributed by atoms with Crippen LogP contribution in [-0.4, -0.2) is 28.9 Å². The van der Waals surface area contributed by atoms with Gasteiger partial charge in [0, 0.05) is 31.1 Å². The number of fused-ring (bicyclic) bond motifs is 2. The van der Waals surface area contributed by atoms with Crippen molar-refractivity contribution in [2.24, 2.45) is 5.92 Å². The Morgan fingerprint density at radius 1 is 0.960 bits per heavy atom. The summed E-state index contributed by atoms with van der Waals surface area (Å²) in [4.78, 5) is 15.5. The van der Waals surface area contributed by atoms with Gasteiger partial charge in [-0.25, -0.2) is 0 Å². The summed E-state index contributed by atoms with van der Waals surface area (Å²) in [5.74, 6) is 0.996. The van der Waals surface area contributed by atoms with Gasteiger partial charge in [0.25, 0.3) is 0 Å². The van der Waals surface area contributed by atoms with Gasteiger partial charge in [0.15, 0.2) is 0 Å². The second-order valence-corrected chi connectivity index (χ2v) is 8.48. The van der Waals surface area contributed by atoms with Gasteiger partial charge in [-0.2, -0.15) is 0 Å². The quantitative estimate of drug-likeness (QED) is 0.868. The van der Waals surface area contributed by atoms with Crippen molar-refractivity contribution in [2.75, 3.05) is 0 Å². The molecule has 0 radical (unpaired) electrons. The molecule has 1 amide bonds. The van der Waals surface area contributed by atoms with E-state index in [1.165, 1.54) is 63.4 Å². The molecule has 3 aliphatic rings. The normalized spacial score (nSPS) is 29.5. The third-order valence-corrected chi connectivity index (χ3v) is 6.57. The van der Waals surface area contributed by atoms with Crippen LogP contribution in [0.15, 0.2) is 30.3 Å². The number of piperidine rings is 1. The highest BCUT2D eigenvalue weighted by Gasteiger charge is 2.35. The molecule has 1 aromatic rings. The van der Waals surface area contributed by atoms with Gasteiger partial charge in [-0.05, 0) is 50.0 Å². The van der Waals surface area contributed by atoms with Crippen molar-refractivity contribution in [1.29, 1.82) is 0 Å². The number of carbonyl (C=O) groups excluding carboxylic acids is 1. The summed E-state index contributed by atoms with van der Waals surface area (Å²) in [6.07, 6.45) is 12.1. The first-order chi connectivity index (χ1) is 12.3. The summed E-state index contributed by atoms with van der Waals surface area (Å²) < 4.78 is 0. The molecule has 2 atom stereocenters. The van der Waals surface area contributed by atoms with Crippen LogP contribution in [0.4, 0.5) is 0 Å². The van der Waals surface area contributed by atoms with Gasteiger partial charge < -0.3 is 10.2 Å². The Labute approximate surface area is 152 Å². The second-order valence-electron chi connectivity index (χ2n) is 8.48. The Balaban J connectivity index is 1.43. The highest BCUT2D eigenvalue weighted by molar-refractivity contribution is 5.77. The predicted molar refractivity (Wildman–Crippen MR) is 101 cm³/mol. The van der Waals surface area contributed by atoms with Crippen molar-refractivity contribution < 1.29 is 4.79 Å². The smallest absolute Gasteiger partial charge is 0.223 e. The van der Waals surface area contributed by atoms with Gasteiger partial charge in [0.2, 0.25) is 5.91 Å². The van der Waals surface area contributed by atoms with E-state index in [4.69, 9.17) is 0 Å². The lowest BCUT2D eigenvalue weighted by Gasteiger charge is -2.36. The molecule has 3 heteroatoms. The Bertz CT molecular complexity index is 555. The first kappa shape index (κ1) is 17.1. The molecule has 3 nitrogen and oxygen atoms in total. The SMILES string of the molecule is O=C(CC1CC2CCC(C1)N2)N(Cc1ccccc1)C1CCCCC1. The van der Waals surface area contributed by atoms with Crippen molar-refractivity contribution in [2.45, 2.75) is 88.9 Å². The van der Waals surface area contributed by atoms with Crippen molar-refractivity contribution in [3.63, 3.8) is 0 Å². The number of hydrogen-bond donors (Lipinski definition) is 1. The molecule has 2 unspecified atom stereocenters. The van der Waals surface area contributed by atoms with E-state index >= 15 is 0 Å². The minimum atomic E-state index is 0.405. The molecular weight excluding hydrogens is 308 g/mol. The first-order valence-corrected chi connectivity index (χ1v) is 10.4. The Hall–Kier alpha value is -1.35. The largest absolute Gasteiger partial charge is 0.335 e. The zero-order valence-electron chi connectivity index (χ0n) is 15.3. The van der Waals surface area contributed by atoms with E-state index in [0.717, 1.165) is 13.0 Å². The van der Waals surface area contributed by atoms with E-state index in [0.29, 0.717) is 30.0 Å². The standard InChI is InChI=1S/C22H32N2O/c25-22(15-18-13-19-11-12-20(14-18)23-19)24(21-9-5-2-6-10-21)16-17-7-3-1-4-8-17/h1,3-4,7-8,18-21,23H,2,5-6,9-16H2. The summed E-state index contributed by atoms with van der Waals surface area (Å²) in [5, 5.41) is 3.70. The van der Waals surface area contributed by atoms with Crippen LogP contribution in [0.2, 0.25) is 0 Å². The number of rotatable bonds is 5. The number of benzene rings is 1. The highest BCUT2D eigenvalue weighted by atomic mass is 16.2. The molecule has 1 aromatic carbocycles. The van der Waals surface area contributed by atoms with Crippen LogP contribution < -0.4 is 5.32 Å². The fraction of sp³-hybridized carbons (Fsp3) is 0.682. The Morgan fingerprint density at radius 3 is 2.32 bits per heavy atom. The van der Waals surface area contributed by atoms with Gasteiger partial charge in [-0.1, -0.05) is 49.6 Å². The third kappa shape index (κ3) is 4.25. The number of amides is 1. The lowest BCUT2D eigenvalue weighted by Crippen LogP contribution is -2.44. The maximum Gasteiger partial charge on any atom is 0.223 e. The second kappa shape index (κ2) is 7.90. The van der Waals surface area contributed by atoms with Crippen molar-refractivity contribution in [1.82, 2.24) is 10.2 Å². The first-order valence-electron chi connectivity index (χ1n) is 10.4. The fourth-order valence-electron chi connectivity index (χ4n) is 5.30. The molecule has 1 N–H and O–H groups in total. The van der Waals surface area contributed by atoms with E-state index in [1.807, 2.05) is 0 Å². The average Bonchev–Trinajstić information content (AvgIpc) is 2.99. The summed E-state index contributed by atoms with van der Waals surface area (Å²) in [7, 11) is 0. The molecule has 0 spiro atoms. The lowest BCUT2D eigenvalue weighted by molar-refractivity contribution is -0.136. The average molecular weight is 341 g/mol. The zero-order valence-corrected chi connectivity index (χ0v) is 15.3. The van der Waals surface area contributed by atoms with Gasteiger partial charge in [0.1, 0.15) is 0 Å². The molecule has 4 rings (SSSR count). The molecule has 2 saturated heterocycles. The van der Waals surface area contributed by atoms with Crippen LogP contribution in [0.1, 0.15) is 69.8 Å². The van der Waals surface area contributed by atoms with E-state index in [2.05, 4.69) is 40.5 Å². The van der Waals surface area contributed by atoms with Crippen LogP contribution in [-0.2, 0) is 11.3 Å². The van der Waals surface area contributed by atoms with E-state index in [1.54, 1.807) is 0 Å². The fourth-order valence-corrected chi connectivity index (χ4v) is 5.30. The number of nitrogens with zero attached hydrogens (tertiary/aromatic N) is 1. The maximum absolute atomic E-state index is 13.3. The van der Waals surface area contributed by atoms with Crippen molar-refractivity contribution in [3.05, 3.63) is 35.9 Å². The Kier molecular flexibility index (Phi) is 5.40. The van der Waals surface area contributed by atoms with Gasteiger partial charge in [-0.15, -0.1) is 0 Å². The Morgan fingerprint density at radius 2 is 1.64 bits per heavy atom. The summed E-state index contributed by atoms with van der Waals surface area (Å²) >= 11 is 0. The van der Waals surface area contributed by atoms with Crippen LogP contribution in [0.3, 0.4) is 0 Å². The van der Waals surface area contributed by atoms with Crippen LogP contribution in [0.5, 0.6) is 0 Å². The van der Waals surface area contributed by atoms with Crippen LogP contribution in [0.25, 0.3) is 0 Å². The summed E-state index contributed by atoms with van der Waals surface area (Å²) in [6.45, 7) is 0.794. The highest BCUT2D eigenvalue weighted by Crippen LogP contribution is 2.34. The third-order valence-electron chi connectivity index (χ3n) is 6.57. The molecule has 3 fully saturated rings. The molecule has 2 heterocycles. The van der Waals surface area contributed by atoms with Gasteiger partial charge in [-0.3, -0.25) is 4.79 Å². The van der Waals surface area contributed by atoms with E-state index in [9.17, 15) is 4.79 Å². The van der Waals surface area contributed by atoms with Crippen LogP contribution >= 0.6 is 0 Å². The zero-order chi connectivity index (χ0) is 17.1. The molecular formula is C22H32N2O. The van der Waals surface area contributed by atoms with E-state index in [-0.39, 0.29) is 0 Å². The molecule has 25 heavy (non-hydrogen) atoms. The molecule has 2 aliphatic heterocycles. The topological polar surface area (TPSA) is 32.3 Å². The van der Waals surface area contributed by atoms with E-state index < -0.39 is 0 Å². The van der Waals surface area contributed by atoms with Crippen LogP contribution in [0, 0.1) is 5.92 Å². The van der Waals surface area contributed by atoms with Gasteiger partial charge in [0.05, 0.1) is 0 Å². The summed E-state index contributed by atoms with van der Waals surface area (Å²) in [6, 6.07) is 12.4. The molecule has 1 aliphatic carbocycles.